The molecule has 3 amide bonds. The molecule has 336 valence electrons. The van der Waals surface area contributed by atoms with Crippen molar-refractivity contribution in [1.82, 2.24) is 39.5 Å². The number of esters is 1. The van der Waals surface area contributed by atoms with Gasteiger partial charge in [-0.25, -0.2) is 23.8 Å². The van der Waals surface area contributed by atoms with E-state index in [-0.39, 0.29) is 50.7 Å². The minimum absolute atomic E-state index is 0.0301. The fraction of sp³-hybridized carbons (Fsp3) is 0.478. The predicted molar refractivity (Wildman–Crippen MR) is 238 cm³/mol. The second kappa shape index (κ2) is 18.2. The number of sulfonamides is 1. The Kier molecular flexibility index (Phi) is 13.1. The number of ether oxygens (including phenoxy) is 1. The van der Waals surface area contributed by atoms with Gasteiger partial charge in [0.2, 0.25) is 21.8 Å². The van der Waals surface area contributed by atoms with E-state index in [1.54, 1.807) is 38.4 Å². The molecule has 0 aliphatic carbocycles. The summed E-state index contributed by atoms with van der Waals surface area (Å²) in [6, 6.07) is 8.22. The molecule has 2 saturated heterocycles. The summed E-state index contributed by atoms with van der Waals surface area (Å²) in [6.45, 7) is 14.3. The average molecular weight is 883 g/mol. The maximum absolute atomic E-state index is 14.6. The van der Waals surface area contributed by atoms with Crippen molar-refractivity contribution in [2.45, 2.75) is 91.4 Å². The Morgan fingerprint density at radius 1 is 1.08 bits per heavy atom. The van der Waals surface area contributed by atoms with Gasteiger partial charge in [-0.2, -0.15) is 4.31 Å². The first-order chi connectivity index (χ1) is 29.9. The molecule has 0 spiro atoms. The van der Waals surface area contributed by atoms with E-state index in [4.69, 9.17) is 4.74 Å². The lowest BCUT2D eigenvalue weighted by Crippen LogP contribution is -2.62. The number of amides is 3. The van der Waals surface area contributed by atoms with Crippen molar-refractivity contribution in [2.24, 2.45) is 17.3 Å². The number of hydrogen-bond donors (Lipinski definition) is 3. The van der Waals surface area contributed by atoms with E-state index in [1.807, 2.05) is 26.0 Å². The van der Waals surface area contributed by atoms with Crippen LogP contribution in [0.1, 0.15) is 65.0 Å². The number of likely N-dealkylation sites (N-methyl/N-ethyl adjacent to an activating group) is 1. The largest absolute Gasteiger partial charge is 0.508 e. The average Bonchev–Trinajstić information content (AvgIpc) is 3.88. The molecule has 0 radical (unpaired) electrons. The second-order valence-electron chi connectivity index (χ2n) is 18.0. The number of hydrogen-bond acceptors (Lipinski definition) is 11. The SMILES string of the molecule is C=CS(=O)(=O)N1CC[C@H](C(=O)N(C)C(C(=O)N[C@H]2Cc3cc(O)cc(c3)-c3ccc4c(c3)c(c(-c3cncnc3)n4CC)CC(C)(C)COC(=O)[C@@H]3CCCN(N3)C2=O)C(C)C)C1. The third-order valence-electron chi connectivity index (χ3n) is 12.4. The number of hydrazine groups is 1. The fourth-order valence-corrected chi connectivity index (χ4v) is 10.3. The van der Waals surface area contributed by atoms with Crippen LogP contribution in [-0.4, -0.2) is 117 Å². The first kappa shape index (κ1) is 45.4. The Bertz CT molecular complexity index is 2520. The quantitative estimate of drug-likeness (QED) is 0.202. The summed E-state index contributed by atoms with van der Waals surface area (Å²) in [6.07, 6.45) is 6.79. The minimum Gasteiger partial charge on any atom is -0.508 e. The number of rotatable bonds is 9. The van der Waals surface area contributed by atoms with Crippen molar-refractivity contribution in [2.75, 3.05) is 33.3 Å². The third kappa shape index (κ3) is 9.50. The van der Waals surface area contributed by atoms with Gasteiger partial charge < -0.3 is 24.6 Å². The van der Waals surface area contributed by atoms with Gasteiger partial charge in [0, 0.05) is 79.3 Å². The summed E-state index contributed by atoms with van der Waals surface area (Å²) in [7, 11) is -2.21. The molecule has 2 aromatic heterocycles. The topological polar surface area (TPSA) is 196 Å². The van der Waals surface area contributed by atoms with Crippen LogP contribution in [-0.2, 0) is 53.3 Å². The second-order valence-corrected chi connectivity index (χ2v) is 19.9. The number of nitrogens with zero attached hydrogens (tertiary/aromatic N) is 6. The lowest BCUT2D eigenvalue weighted by molar-refractivity contribution is -0.155. The maximum Gasteiger partial charge on any atom is 0.324 e. The van der Waals surface area contributed by atoms with Gasteiger partial charge in [-0.3, -0.25) is 24.2 Å². The first-order valence-corrected chi connectivity index (χ1v) is 23.1. The Hall–Kier alpha value is -5.65. The Morgan fingerprint density at radius 3 is 2.52 bits per heavy atom. The molecular weight excluding hydrogens is 825 g/mol. The van der Waals surface area contributed by atoms with Crippen LogP contribution in [0.3, 0.4) is 0 Å². The molecule has 4 aromatic rings. The summed E-state index contributed by atoms with van der Waals surface area (Å²) < 4.78 is 34.4. The number of benzene rings is 2. The van der Waals surface area contributed by atoms with E-state index < -0.39 is 63.2 Å². The van der Waals surface area contributed by atoms with Gasteiger partial charge in [-0.15, -0.1) is 0 Å². The Balaban J connectivity index is 1.28. The smallest absolute Gasteiger partial charge is 0.324 e. The molecule has 17 heteroatoms. The van der Waals surface area contributed by atoms with Crippen LogP contribution in [0.5, 0.6) is 5.75 Å². The maximum atomic E-state index is 14.6. The van der Waals surface area contributed by atoms with Crippen LogP contribution in [0.4, 0.5) is 0 Å². The van der Waals surface area contributed by atoms with Crippen LogP contribution in [0.25, 0.3) is 33.3 Å². The summed E-state index contributed by atoms with van der Waals surface area (Å²) in [4.78, 5) is 66.7. The van der Waals surface area contributed by atoms with E-state index in [0.29, 0.717) is 36.9 Å². The zero-order chi connectivity index (χ0) is 45.4. The molecule has 63 heavy (non-hydrogen) atoms. The molecule has 5 heterocycles. The van der Waals surface area contributed by atoms with Gasteiger partial charge in [-0.1, -0.05) is 46.4 Å². The van der Waals surface area contributed by atoms with E-state index in [2.05, 4.69) is 50.9 Å². The van der Waals surface area contributed by atoms with Crippen molar-refractivity contribution in [3.05, 3.63) is 78.2 Å². The summed E-state index contributed by atoms with van der Waals surface area (Å²) >= 11 is 0. The predicted octanol–water partition coefficient (Wildman–Crippen LogP) is 4.42. The van der Waals surface area contributed by atoms with Gasteiger partial charge >= 0.3 is 5.97 Å². The van der Waals surface area contributed by atoms with Crippen LogP contribution < -0.4 is 10.7 Å². The zero-order valence-corrected chi connectivity index (χ0v) is 37.7. The number of phenolic OH excluding ortho intramolecular Hbond substituents is 1. The lowest BCUT2D eigenvalue weighted by atomic mass is 9.84. The molecule has 16 nitrogen and oxygen atoms in total. The van der Waals surface area contributed by atoms with E-state index in [0.717, 1.165) is 38.7 Å². The molecule has 3 aliphatic rings. The van der Waals surface area contributed by atoms with Crippen LogP contribution >= 0.6 is 0 Å². The highest BCUT2D eigenvalue weighted by Gasteiger charge is 2.41. The van der Waals surface area contributed by atoms with Crippen molar-refractivity contribution in [3.63, 3.8) is 0 Å². The number of aromatic hydroxyl groups is 1. The van der Waals surface area contributed by atoms with E-state index >= 15 is 0 Å². The highest BCUT2D eigenvalue weighted by atomic mass is 32.2. The number of carbonyl (C=O) groups excluding carboxylic acids is 4. The normalized spacial score (nSPS) is 21.4. The molecule has 7 rings (SSSR count). The number of aryl methyl sites for hydroxylation is 1. The monoisotopic (exact) mass is 882 g/mol. The molecule has 3 aliphatic heterocycles. The molecular formula is C46H58N8O8S. The molecule has 2 fully saturated rings. The van der Waals surface area contributed by atoms with E-state index in [9.17, 15) is 32.7 Å². The lowest BCUT2D eigenvalue weighted by Gasteiger charge is -2.37. The summed E-state index contributed by atoms with van der Waals surface area (Å²) in [5, 5.41) is 17.4. The van der Waals surface area contributed by atoms with Gasteiger partial charge in [0.25, 0.3) is 5.91 Å². The van der Waals surface area contributed by atoms with Crippen molar-refractivity contribution >= 4 is 44.6 Å². The minimum atomic E-state index is -3.73. The molecule has 3 N–H and O–H groups in total. The van der Waals surface area contributed by atoms with Gasteiger partial charge in [-0.05, 0) is 85.0 Å². The van der Waals surface area contributed by atoms with E-state index in [1.165, 1.54) is 27.6 Å². The summed E-state index contributed by atoms with van der Waals surface area (Å²) in [5.41, 5.74) is 8.48. The van der Waals surface area contributed by atoms with Crippen molar-refractivity contribution in [3.8, 4) is 28.1 Å². The van der Waals surface area contributed by atoms with Crippen molar-refractivity contribution in [1.29, 1.82) is 0 Å². The third-order valence-corrected chi connectivity index (χ3v) is 13.9. The highest BCUT2D eigenvalue weighted by molar-refractivity contribution is 7.92. The van der Waals surface area contributed by atoms with Gasteiger partial charge in [0.1, 0.15) is 30.2 Å². The van der Waals surface area contributed by atoms with Gasteiger partial charge in [0.15, 0.2) is 0 Å². The number of cyclic esters (lactones) is 1. The number of nitrogens with one attached hydrogen (secondary N) is 2. The number of aromatic nitrogens is 3. The van der Waals surface area contributed by atoms with Gasteiger partial charge in [0.05, 0.1) is 18.2 Å². The molecule has 6 bridgehead atoms. The molecule has 4 atom stereocenters. The Labute approximate surface area is 368 Å². The van der Waals surface area contributed by atoms with Crippen LogP contribution in [0, 0.1) is 17.3 Å². The molecule has 0 saturated carbocycles. The summed E-state index contributed by atoms with van der Waals surface area (Å²) in [5.74, 6) is -3.07. The first-order valence-electron chi connectivity index (χ1n) is 21.6. The fourth-order valence-electron chi connectivity index (χ4n) is 9.33. The van der Waals surface area contributed by atoms with Crippen LogP contribution in [0.2, 0.25) is 0 Å². The molecule has 2 aromatic carbocycles. The van der Waals surface area contributed by atoms with Crippen LogP contribution in [0.15, 0.2) is 67.1 Å². The highest BCUT2D eigenvalue weighted by Crippen LogP contribution is 2.40. The standard InChI is InChI=1S/C46H58N8O8S/c1-8-53-39-13-12-30-21-35(39)36(41(53)33-23-47-27-48-24-33)22-46(5,6)26-62-45(59)37-11-10-15-54(50-37)44(58)38(19-29-17-32(30)20-34(55)18-29)49-42(56)40(28(3)4)51(7)43(57)31-14-16-52(25-31)63(60,61)9-2/h9,12-13,17-18,20-21,23-24,27-28,31,37-38,40,50,55H,2,8,10-11,14-16,19,22,25-26H2,1,3-7H3,(H,49,56)/t31-,37-,38-,40?/m0/s1. The number of carbonyl (C=O) groups is 4. The zero-order valence-electron chi connectivity index (χ0n) is 36.8. The number of phenols is 1. The number of fused-ring (bicyclic) bond motifs is 6. The van der Waals surface area contributed by atoms with Crippen molar-refractivity contribution < 1.29 is 37.4 Å². The molecule has 1 unspecified atom stereocenters. The Morgan fingerprint density at radius 2 is 1.83 bits per heavy atom.